The minimum atomic E-state index is -0.846. The van der Waals surface area contributed by atoms with Crippen LogP contribution in [0.25, 0.3) is 0 Å². The lowest BCUT2D eigenvalue weighted by atomic mass is 9.34. The molecule has 39 heavy (non-hydrogen) atoms. The fraction of sp³-hybridized carbons (Fsp3) is 0.800. The van der Waals surface area contributed by atoms with E-state index in [-0.39, 0.29) is 27.3 Å². The second-order valence-electron chi connectivity index (χ2n) is 16.3. The molecular formula is C35H54N2O2. The quantitative estimate of drug-likeness (QED) is 0.372. The molecule has 0 amide bonds. The van der Waals surface area contributed by atoms with Crippen LogP contribution in [-0.2, 0) is 0 Å². The Morgan fingerprint density at radius 3 is 2.18 bits per heavy atom. The van der Waals surface area contributed by atoms with Gasteiger partial charge in [0, 0.05) is 11.1 Å². The molecule has 216 valence electrons. The predicted molar refractivity (Wildman–Crippen MR) is 158 cm³/mol. The van der Waals surface area contributed by atoms with Crippen LogP contribution in [0.5, 0.6) is 0 Å². The second-order valence-corrected chi connectivity index (χ2v) is 16.3. The molecule has 6 rings (SSSR count). The number of aromatic carboxylic acids is 1. The molecule has 0 bridgehead atoms. The van der Waals surface area contributed by atoms with Crippen LogP contribution >= 0.6 is 0 Å². The van der Waals surface area contributed by atoms with Crippen LogP contribution in [-0.4, -0.2) is 22.2 Å². The molecule has 5 fully saturated rings. The number of carboxylic acids is 1. The summed E-state index contributed by atoms with van der Waals surface area (Å²) >= 11 is 0. The van der Waals surface area contributed by atoms with Crippen molar-refractivity contribution in [3.05, 3.63) is 35.4 Å². The molecule has 5 saturated carbocycles. The predicted octanol–water partition coefficient (Wildman–Crippen LogP) is 7.61. The van der Waals surface area contributed by atoms with Gasteiger partial charge < -0.3 is 16.6 Å². The van der Waals surface area contributed by atoms with Gasteiger partial charge in [-0.2, -0.15) is 0 Å². The Morgan fingerprint density at radius 1 is 0.846 bits per heavy atom. The number of carbonyl (C=O) groups is 1. The van der Waals surface area contributed by atoms with Crippen molar-refractivity contribution < 1.29 is 9.90 Å². The molecule has 0 radical (unpaired) electrons. The average Bonchev–Trinajstić information content (AvgIpc) is 3.22. The van der Waals surface area contributed by atoms with E-state index in [1.54, 1.807) is 12.1 Å². The van der Waals surface area contributed by atoms with Crippen molar-refractivity contribution in [1.29, 1.82) is 0 Å². The molecular weight excluding hydrogens is 480 g/mol. The Morgan fingerprint density at radius 2 is 1.54 bits per heavy atom. The third kappa shape index (κ3) is 3.65. The Kier molecular flexibility index (Phi) is 6.27. The standard InChI is InChI=1S/C35H54N2O2/c1-21(2)24-13-18-34(36)19-20-35(37)26(29(24)34)11-12-28-32(5)16-14-25(22-7-9-23(10-8-22)30(38)39)31(3,4)27(32)15-17-33(28,35)6/h7-10,21,24-29H,11-20,36-37H2,1-6H3,(H,38,39)/t24-,25-,26+,27-,28+,29+,32-,33+,34-,35-/m0/s1. The monoisotopic (exact) mass is 534 g/mol. The van der Waals surface area contributed by atoms with E-state index < -0.39 is 5.97 Å². The van der Waals surface area contributed by atoms with E-state index in [1.165, 1.54) is 56.9 Å². The lowest BCUT2D eigenvalue weighted by molar-refractivity contribution is -0.205. The van der Waals surface area contributed by atoms with Gasteiger partial charge in [-0.3, -0.25) is 0 Å². The van der Waals surface area contributed by atoms with Gasteiger partial charge in [-0.05, 0) is 140 Å². The van der Waals surface area contributed by atoms with Crippen LogP contribution in [0.3, 0.4) is 0 Å². The lowest BCUT2D eigenvalue weighted by Crippen LogP contribution is -2.75. The molecule has 4 nitrogen and oxygen atoms in total. The number of benzene rings is 1. The number of nitrogens with two attached hydrogens (primary N) is 2. The molecule has 5 aliphatic carbocycles. The van der Waals surface area contributed by atoms with Crippen molar-refractivity contribution in [3.8, 4) is 0 Å². The van der Waals surface area contributed by atoms with Gasteiger partial charge in [0.05, 0.1) is 5.56 Å². The number of carboxylic acid groups (broad SMARTS) is 1. The molecule has 0 unspecified atom stereocenters. The van der Waals surface area contributed by atoms with Crippen molar-refractivity contribution in [2.24, 2.45) is 63.2 Å². The van der Waals surface area contributed by atoms with Gasteiger partial charge in [-0.15, -0.1) is 0 Å². The summed E-state index contributed by atoms with van der Waals surface area (Å²) in [7, 11) is 0. The molecule has 10 atom stereocenters. The van der Waals surface area contributed by atoms with Crippen LogP contribution in [0.2, 0.25) is 0 Å². The zero-order valence-corrected chi connectivity index (χ0v) is 25.4. The largest absolute Gasteiger partial charge is 0.478 e. The van der Waals surface area contributed by atoms with Gasteiger partial charge in [0.25, 0.3) is 0 Å². The van der Waals surface area contributed by atoms with E-state index in [1.807, 2.05) is 0 Å². The first-order chi connectivity index (χ1) is 18.2. The highest BCUT2D eigenvalue weighted by molar-refractivity contribution is 5.87. The molecule has 1 aromatic carbocycles. The van der Waals surface area contributed by atoms with E-state index in [9.17, 15) is 9.90 Å². The lowest BCUT2D eigenvalue weighted by Gasteiger charge is -2.72. The van der Waals surface area contributed by atoms with E-state index in [0.29, 0.717) is 41.1 Å². The van der Waals surface area contributed by atoms with Crippen LogP contribution < -0.4 is 11.5 Å². The van der Waals surface area contributed by atoms with Gasteiger partial charge in [0.15, 0.2) is 0 Å². The number of fused-ring (bicyclic) bond motifs is 7. The Bertz CT molecular complexity index is 1130. The molecule has 4 heteroatoms. The van der Waals surface area contributed by atoms with Gasteiger partial charge in [0.2, 0.25) is 0 Å². The number of hydrogen-bond donors (Lipinski definition) is 3. The number of rotatable bonds is 3. The summed E-state index contributed by atoms with van der Waals surface area (Å²) in [6.45, 7) is 15.1. The van der Waals surface area contributed by atoms with E-state index in [2.05, 4.69) is 53.7 Å². The third-order valence-corrected chi connectivity index (χ3v) is 14.5. The van der Waals surface area contributed by atoms with Crippen molar-refractivity contribution in [1.82, 2.24) is 0 Å². The summed E-state index contributed by atoms with van der Waals surface area (Å²) < 4.78 is 0. The zero-order valence-electron chi connectivity index (χ0n) is 25.4. The smallest absolute Gasteiger partial charge is 0.335 e. The van der Waals surface area contributed by atoms with E-state index >= 15 is 0 Å². The average molecular weight is 535 g/mol. The van der Waals surface area contributed by atoms with E-state index in [4.69, 9.17) is 11.5 Å². The maximum atomic E-state index is 11.4. The second kappa shape index (κ2) is 8.81. The van der Waals surface area contributed by atoms with Crippen molar-refractivity contribution in [3.63, 3.8) is 0 Å². The summed E-state index contributed by atoms with van der Waals surface area (Å²) in [5.41, 5.74) is 17.3. The summed E-state index contributed by atoms with van der Waals surface area (Å²) in [5, 5.41) is 9.40. The number of hydrogen-bond acceptors (Lipinski definition) is 3. The fourth-order valence-corrected chi connectivity index (χ4v) is 12.6. The van der Waals surface area contributed by atoms with Crippen molar-refractivity contribution in [2.75, 3.05) is 0 Å². The van der Waals surface area contributed by atoms with Gasteiger partial charge in [0.1, 0.15) is 0 Å². The summed E-state index contributed by atoms with van der Waals surface area (Å²) in [6.07, 6.45) is 12.1. The molecule has 0 aliphatic heterocycles. The van der Waals surface area contributed by atoms with Crippen LogP contribution in [0.1, 0.15) is 128 Å². The van der Waals surface area contributed by atoms with Crippen LogP contribution in [0, 0.1) is 51.8 Å². The highest BCUT2D eigenvalue weighted by atomic mass is 16.4. The SMILES string of the molecule is CC(C)[C@@H]1CC[C@]2(N)CC[C@]3(N)[C@H](CC[C@@H]4[C@@]5(C)CC[C@@H](c6ccc(C(=O)O)cc6)C(C)(C)[C@@H]5CC[C@]43C)[C@@H]12. The topological polar surface area (TPSA) is 89.3 Å². The highest BCUT2D eigenvalue weighted by Crippen LogP contribution is 2.74. The van der Waals surface area contributed by atoms with Gasteiger partial charge in [-0.1, -0.05) is 53.7 Å². The first-order valence-electron chi connectivity index (χ1n) is 16.1. The molecule has 1 aromatic rings. The minimum Gasteiger partial charge on any atom is -0.478 e. The van der Waals surface area contributed by atoms with Gasteiger partial charge in [-0.25, -0.2) is 4.79 Å². The molecule has 0 saturated heterocycles. The highest BCUT2D eigenvalue weighted by Gasteiger charge is 2.71. The van der Waals surface area contributed by atoms with Crippen LogP contribution in [0.4, 0.5) is 0 Å². The fourth-order valence-electron chi connectivity index (χ4n) is 12.6. The van der Waals surface area contributed by atoms with Crippen molar-refractivity contribution >= 4 is 5.97 Å². The third-order valence-electron chi connectivity index (χ3n) is 14.5. The molecule has 0 aromatic heterocycles. The molecule has 5 aliphatic rings. The first kappa shape index (κ1) is 27.8. The Balaban J connectivity index is 1.32. The summed E-state index contributed by atoms with van der Waals surface area (Å²) in [4.78, 5) is 11.4. The summed E-state index contributed by atoms with van der Waals surface area (Å²) in [5.74, 6) is 3.46. The minimum absolute atomic E-state index is 0.00299. The maximum Gasteiger partial charge on any atom is 0.335 e. The Hall–Kier alpha value is -1.39. The molecule has 5 N–H and O–H groups in total. The Labute approximate surface area is 237 Å². The maximum absolute atomic E-state index is 11.4. The van der Waals surface area contributed by atoms with Crippen LogP contribution in [0.15, 0.2) is 24.3 Å². The van der Waals surface area contributed by atoms with E-state index in [0.717, 1.165) is 18.8 Å². The molecule has 0 spiro atoms. The molecule has 0 heterocycles. The normalized spacial score (nSPS) is 48.5. The summed E-state index contributed by atoms with van der Waals surface area (Å²) in [6, 6.07) is 7.76. The van der Waals surface area contributed by atoms with Gasteiger partial charge >= 0.3 is 5.97 Å². The zero-order chi connectivity index (χ0) is 28.2. The van der Waals surface area contributed by atoms with Crippen molar-refractivity contribution in [2.45, 2.75) is 123 Å². The first-order valence-corrected chi connectivity index (χ1v) is 16.1.